The molecule has 1 fully saturated rings. The van der Waals surface area contributed by atoms with E-state index in [1.54, 1.807) is 0 Å². The van der Waals surface area contributed by atoms with E-state index < -0.39 is 10.0 Å². The van der Waals surface area contributed by atoms with Gasteiger partial charge >= 0.3 is 0 Å². The van der Waals surface area contributed by atoms with Gasteiger partial charge in [0, 0.05) is 19.6 Å². The lowest BCUT2D eigenvalue weighted by molar-refractivity contribution is -0.0156. The molecule has 1 unspecified atom stereocenters. The summed E-state index contributed by atoms with van der Waals surface area (Å²) in [5, 5.41) is 0. The van der Waals surface area contributed by atoms with Crippen molar-refractivity contribution in [3.63, 3.8) is 0 Å². The lowest BCUT2D eigenvalue weighted by Crippen LogP contribution is -2.46. The van der Waals surface area contributed by atoms with Crippen LogP contribution in [0.1, 0.15) is 27.8 Å². The van der Waals surface area contributed by atoms with Crippen molar-refractivity contribution in [3.8, 4) is 0 Å². The van der Waals surface area contributed by atoms with Crippen LogP contribution in [-0.2, 0) is 14.8 Å². The molecule has 0 bridgehead atoms. The smallest absolute Gasteiger partial charge is 0.241 e. The van der Waals surface area contributed by atoms with Crippen molar-refractivity contribution >= 4 is 10.0 Å². The van der Waals surface area contributed by atoms with Crippen LogP contribution < -0.4 is 4.72 Å². The molecule has 130 valence electrons. The van der Waals surface area contributed by atoms with Crippen molar-refractivity contribution < 1.29 is 13.2 Å². The van der Waals surface area contributed by atoms with Crippen LogP contribution in [0.25, 0.3) is 0 Å². The minimum Gasteiger partial charge on any atom is -0.374 e. The summed E-state index contributed by atoms with van der Waals surface area (Å²) in [6.07, 6.45) is -0.100. The Morgan fingerprint density at radius 2 is 1.57 bits per heavy atom. The van der Waals surface area contributed by atoms with Crippen LogP contribution >= 0.6 is 0 Å². The fourth-order valence-electron chi connectivity index (χ4n) is 3.13. The normalized spacial score (nSPS) is 20.0. The van der Waals surface area contributed by atoms with Gasteiger partial charge in [0.1, 0.15) is 0 Å². The van der Waals surface area contributed by atoms with Gasteiger partial charge in [-0.25, -0.2) is 13.1 Å². The first kappa shape index (κ1) is 18.4. The van der Waals surface area contributed by atoms with E-state index in [1.165, 1.54) is 0 Å². The van der Waals surface area contributed by atoms with E-state index in [1.807, 2.05) is 41.7 Å². The number of nitrogens with zero attached hydrogens (tertiary/aromatic N) is 1. The van der Waals surface area contributed by atoms with Crippen LogP contribution in [0.2, 0.25) is 0 Å². The van der Waals surface area contributed by atoms with Crippen molar-refractivity contribution in [2.75, 3.05) is 33.3 Å². The summed E-state index contributed by atoms with van der Waals surface area (Å²) in [6.45, 7) is 12.3. The molecular weight excluding hydrogens is 312 g/mol. The van der Waals surface area contributed by atoms with Crippen molar-refractivity contribution in [2.45, 2.75) is 45.6 Å². The Bertz CT molecular complexity index is 669. The number of rotatable bonds is 4. The fourth-order valence-corrected chi connectivity index (χ4v) is 4.80. The zero-order chi connectivity index (χ0) is 17.4. The zero-order valence-corrected chi connectivity index (χ0v) is 15.8. The van der Waals surface area contributed by atoms with Gasteiger partial charge in [0.2, 0.25) is 10.0 Å². The van der Waals surface area contributed by atoms with Crippen LogP contribution in [0.15, 0.2) is 4.90 Å². The third-order valence-electron chi connectivity index (χ3n) is 5.04. The average molecular weight is 340 g/mol. The number of ether oxygens (including phenoxy) is 1. The van der Waals surface area contributed by atoms with E-state index in [0.717, 1.165) is 40.9 Å². The number of likely N-dealkylation sites (N-methyl/N-ethyl adjacent to an activating group) is 1. The largest absolute Gasteiger partial charge is 0.374 e. The molecule has 0 saturated carbocycles. The van der Waals surface area contributed by atoms with E-state index in [2.05, 4.69) is 9.62 Å². The Kier molecular flexibility index (Phi) is 5.51. The molecule has 1 atom stereocenters. The first-order chi connectivity index (χ1) is 10.6. The van der Waals surface area contributed by atoms with Crippen LogP contribution in [0, 0.1) is 34.6 Å². The third kappa shape index (κ3) is 3.76. The Hall–Kier alpha value is -0.950. The van der Waals surface area contributed by atoms with Crippen molar-refractivity contribution in [1.82, 2.24) is 9.62 Å². The minimum absolute atomic E-state index is 0.100. The predicted molar refractivity (Wildman–Crippen MR) is 92.6 cm³/mol. The molecule has 1 saturated heterocycles. The molecule has 1 aliphatic rings. The first-order valence-corrected chi connectivity index (χ1v) is 9.50. The molecule has 1 N–H and O–H groups in total. The molecule has 0 aromatic heterocycles. The molecule has 1 aromatic rings. The summed E-state index contributed by atoms with van der Waals surface area (Å²) in [6, 6.07) is 0. The van der Waals surface area contributed by atoms with Gasteiger partial charge < -0.3 is 9.64 Å². The SMILES string of the molecule is Cc1c(C)c(C)c(S(=O)(=O)NCC2CN(C)CCO2)c(C)c1C. The second-order valence-corrected chi connectivity index (χ2v) is 8.26. The monoisotopic (exact) mass is 340 g/mol. The van der Waals surface area contributed by atoms with Gasteiger partial charge in [-0.15, -0.1) is 0 Å². The summed E-state index contributed by atoms with van der Waals surface area (Å²) in [7, 11) is -1.53. The molecule has 6 heteroatoms. The fraction of sp³-hybridized carbons (Fsp3) is 0.647. The first-order valence-electron chi connectivity index (χ1n) is 8.02. The van der Waals surface area contributed by atoms with Crippen molar-refractivity contribution in [1.29, 1.82) is 0 Å². The summed E-state index contributed by atoms with van der Waals surface area (Å²) >= 11 is 0. The summed E-state index contributed by atoms with van der Waals surface area (Å²) in [5.41, 5.74) is 4.92. The number of benzene rings is 1. The number of sulfonamides is 1. The van der Waals surface area contributed by atoms with Gasteiger partial charge in [-0.1, -0.05) is 0 Å². The third-order valence-corrected chi connectivity index (χ3v) is 6.74. The quantitative estimate of drug-likeness (QED) is 0.909. The van der Waals surface area contributed by atoms with Gasteiger partial charge in [-0.05, 0) is 69.5 Å². The van der Waals surface area contributed by atoms with Crippen LogP contribution in [0.4, 0.5) is 0 Å². The van der Waals surface area contributed by atoms with Crippen molar-refractivity contribution in [3.05, 3.63) is 27.8 Å². The minimum atomic E-state index is -3.55. The topological polar surface area (TPSA) is 58.6 Å². The van der Waals surface area contributed by atoms with Crippen LogP contribution in [-0.4, -0.2) is 52.7 Å². The van der Waals surface area contributed by atoms with E-state index in [9.17, 15) is 8.42 Å². The number of hydrogen-bond donors (Lipinski definition) is 1. The summed E-state index contributed by atoms with van der Waals surface area (Å²) in [4.78, 5) is 2.57. The Balaban J connectivity index is 2.26. The standard InChI is InChI=1S/C17H28N2O3S/c1-11-12(2)14(4)17(15(5)13(11)3)23(20,21)18-9-16-10-19(6)7-8-22-16/h16,18H,7-10H2,1-6H3. The maximum Gasteiger partial charge on any atom is 0.241 e. The average Bonchev–Trinajstić information content (AvgIpc) is 2.49. The maximum atomic E-state index is 12.8. The highest BCUT2D eigenvalue weighted by atomic mass is 32.2. The molecule has 0 amide bonds. The van der Waals surface area contributed by atoms with E-state index in [-0.39, 0.29) is 6.10 Å². The second-order valence-electron chi connectivity index (χ2n) is 6.56. The van der Waals surface area contributed by atoms with Crippen LogP contribution in [0.3, 0.4) is 0 Å². The number of hydrogen-bond acceptors (Lipinski definition) is 4. The van der Waals surface area contributed by atoms with E-state index >= 15 is 0 Å². The molecule has 0 aliphatic carbocycles. The Morgan fingerprint density at radius 3 is 2.09 bits per heavy atom. The summed E-state index contributed by atoms with van der Waals surface area (Å²) in [5.74, 6) is 0. The highest BCUT2D eigenvalue weighted by Crippen LogP contribution is 2.29. The highest BCUT2D eigenvalue weighted by molar-refractivity contribution is 7.89. The Labute approximate surface area is 140 Å². The lowest BCUT2D eigenvalue weighted by Gasteiger charge is -2.30. The molecule has 0 radical (unpaired) electrons. The summed E-state index contributed by atoms with van der Waals surface area (Å²) < 4.78 is 34.0. The van der Waals surface area contributed by atoms with E-state index in [4.69, 9.17) is 4.74 Å². The van der Waals surface area contributed by atoms with E-state index in [0.29, 0.717) is 18.0 Å². The predicted octanol–water partition coefficient (Wildman–Crippen LogP) is 1.84. The van der Waals surface area contributed by atoms with Gasteiger partial charge in [0.05, 0.1) is 17.6 Å². The maximum absolute atomic E-state index is 12.8. The van der Waals surface area contributed by atoms with Crippen molar-refractivity contribution in [2.24, 2.45) is 0 Å². The zero-order valence-electron chi connectivity index (χ0n) is 15.0. The Morgan fingerprint density at radius 1 is 1.04 bits per heavy atom. The number of nitrogens with one attached hydrogen (secondary N) is 1. The molecular formula is C17H28N2O3S. The molecule has 5 nitrogen and oxygen atoms in total. The highest BCUT2D eigenvalue weighted by Gasteiger charge is 2.25. The molecule has 2 rings (SSSR count). The van der Waals surface area contributed by atoms with Gasteiger partial charge in [-0.2, -0.15) is 0 Å². The van der Waals surface area contributed by atoms with Gasteiger partial charge in [-0.3, -0.25) is 0 Å². The second kappa shape index (κ2) is 6.89. The van der Waals surface area contributed by atoms with Crippen LogP contribution in [0.5, 0.6) is 0 Å². The molecule has 1 heterocycles. The molecule has 1 aliphatic heterocycles. The van der Waals surface area contributed by atoms with Gasteiger partial charge in [0.15, 0.2) is 0 Å². The number of morpholine rings is 1. The molecule has 0 spiro atoms. The molecule has 23 heavy (non-hydrogen) atoms. The lowest BCUT2D eigenvalue weighted by atomic mass is 9.95. The molecule has 1 aromatic carbocycles. The van der Waals surface area contributed by atoms with Gasteiger partial charge in [0.25, 0.3) is 0 Å².